The van der Waals surface area contributed by atoms with Gasteiger partial charge in [-0.3, -0.25) is 9.59 Å². The predicted octanol–water partition coefficient (Wildman–Crippen LogP) is 3.43. The number of primary amides is 1. The van der Waals surface area contributed by atoms with Gasteiger partial charge in [0, 0.05) is 51.5 Å². The lowest BCUT2D eigenvalue weighted by Gasteiger charge is -2.37. The number of carbonyl (C=O) groups excluding carboxylic acids is 3. The molecule has 2 aliphatic rings. The van der Waals surface area contributed by atoms with Gasteiger partial charge in [0.15, 0.2) is 5.78 Å². The number of sulfonamides is 1. The van der Waals surface area contributed by atoms with Gasteiger partial charge in [-0.2, -0.15) is 4.31 Å². The van der Waals surface area contributed by atoms with Crippen LogP contribution in [-0.4, -0.2) is 67.9 Å². The Labute approximate surface area is 241 Å². The Hall–Kier alpha value is -3.28. The number of alkyl carbamates (subject to hydrolysis) is 1. The molecule has 41 heavy (non-hydrogen) atoms. The predicted molar refractivity (Wildman–Crippen MR) is 153 cm³/mol. The van der Waals surface area contributed by atoms with Gasteiger partial charge >= 0.3 is 6.09 Å². The highest BCUT2D eigenvalue weighted by Crippen LogP contribution is 2.29. The Balaban J connectivity index is 1.43. The molecule has 2 aromatic rings. The van der Waals surface area contributed by atoms with Crippen molar-refractivity contribution in [3.63, 3.8) is 0 Å². The largest absolute Gasteiger partial charge is 0.444 e. The van der Waals surface area contributed by atoms with Crippen LogP contribution in [0.25, 0.3) is 11.1 Å². The lowest BCUT2D eigenvalue weighted by atomic mass is 9.80. The second-order valence-electron chi connectivity index (χ2n) is 11.7. The van der Waals surface area contributed by atoms with E-state index in [0.29, 0.717) is 26.3 Å². The molecule has 2 amide bonds. The topological polar surface area (TPSA) is 145 Å². The van der Waals surface area contributed by atoms with E-state index in [9.17, 15) is 22.8 Å². The minimum atomic E-state index is -3.44. The number of Topliss-reactive ketones (excluding diaryl/α,β-unsaturated/α-hetero) is 1. The van der Waals surface area contributed by atoms with Crippen molar-refractivity contribution in [3.05, 3.63) is 54.1 Å². The van der Waals surface area contributed by atoms with Crippen LogP contribution in [0.5, 0.6) is 0 Å². The summed E-state index contributed by atoms with van der Waals surface area (Å²) in [6.45, 7) is 6.94. The van der Waals surface area contributed by atoms with Crippen LogP contribution < -0.4 is 11.1 Å². The molecule has 0 bridgehead atoms. The van der Waals surface area contributed by atoms with Crippen molar-refractivity contribution in [2.75, 3.05) is 26.3 Å². The van der Waals surface area contributed by atoms with E-state index >= 15 is 0 Å². The van der Waals surface area contributed by atoms with E-state index in [4.69, 9.17) is 15.2 Å². The van der Waals surface area contributed by atoms with Gasteiger partial charge in [0.1, 0.15) is 11.1 Å². The molecule has 0 unspecified atom stereocenters. The maximum absolute atomic E-state index is 13.5. The van der Waals surface area contributed by atoms with Crippen molar-refractivity contribution in [1.29, 1.82) is 0 Å². The Morgan fingerprint density at radius 1 is 1.00 bits per heavy atom. The van der Waals surface area contributed by atoms with Gasteiger partial charge < -0.3 is 20.5 Å². The van der Waals surface area contributed by atoms with Gasteiger partial charge in [0.25, 0.3) is 0 Å². The van der Waals surface area contributed by atoms with Gasteiger partial charge in [-0.15, -0.1) is 0 Å². The molecule has 0 radical (unpaired) electrons. The van der Waals surface area contributed by atoms with Crippen LogP contribution >= 0.6 is 0 Å². The molecule has 4 rings (SSSR count). The van der Waals surface area contributed by atoms with Crippen LogP contribution in [-0.2, 0) is 35.5 Å². The molecule has 0 aromatic heterocycles. The third-order valence-electron chi connectivity index (χ3n) is 7.53. The number of amides is 2. The first kappa shape index (κ1) is 30.7. The molecule has 2 saturated heterocycles. The molecule has 2 heterocycles. The summed E-state index contributed by atoms with van der Waals surface area (Å²) in [5.74, 6) is -1.64. The monoisotopic (exact) mass is 585 g/mol. The highest BCUT2D eigenvalue weighted by atomic mass is 32.2. The Morgan fingerprint density at radius 2 is 1.56 bits per heavy atom. The molecule has 0 saturated carbocycles. The normalized spacial score (nSPS) is 18.1. The molecule has 3 N–H and O–H groups in total. The number of hydrogen-bond acceptors (Lipinski definition) is 7. The average molecular weight is 586 g/mol. The molecule has 2 fully saturated rings. The minimum Gasteiger partial charge on any atom is -0.444 e. The zero-order chi connectivity index (χ0) is 29.8. The van der Waals surface area contributed by atoms with Crippen molar-refractivity contribution >= 4 is 27.8 Å². The van der Waals surface area contributed by atoms with Gasteiger partial charge in [-0.25, -0.2) is 13.2 Å². The number of carbonyl (C=O) groups is 3. The molecule has 10 nitrogen and oxygen atoms in total. The summed E-state index contributed by atoms with van der Waals surface area (Å²) >= 11 is 0. The zero-order valence-electron chi connectivity index (χ0n) is 23.9. The molecule has 11 heteroatoms. The van der Waals surface area contributed by atoms with Crippen LogP contribution in [0.15, 0.2) is 53.4 Å². The Bertz CT molecular complexity index is 1360. The average Bonchev–Trinajstić information content (AvgIpc) is 2.87. The Kier molecular flexibility index (Phi) is 9.20. The van der Waals surface area contributed by atoms with E-state index in [1.165, 1.54) is 4.31 Å². The number of ketones is 1. The molecule has 2 aliphatic heterocycles. The standard InChI is InChI=1S/C30H39N3O7S/c1-29(2,3)40-28(36)32-30(13-17-39-18-14-30)26(34)20-24(27(31)35)19-21-5-7-22(8-6-21)23-9-11-25(12-10-23)41(37,38)33-15-4-16-33/h5-12,24H,4,13-20H2,1-3H3,(H2,31,35)(H,32,36)/t24-/m1/s1. The molecule has 222 valence electrons. The van der Waals surface area contributed by atoms with E-state index in [-0.39, 0.29) is 36.4 Å². The highest BCUT2D eigenvalue weighted by Gasteiger charge is 2.43. The van der Waals surface area contributed by atoms with Crippen LogP contribution in [0.4, 0.5) is 4.79 Å². The minimum absolute atomic E-state index is 0.125. The third-order valence-corrected chi connectivity index (χ3v) is 9.44. The van der Waals surface area contributed by atoms with Crippen molar-refractivity contribution in [1.82, 2.24) is 9.62 Å². The fourth-order valence-electron chi connectivity index (χ4n) is 5.00. The van der Waals surface area contributed by atoms with Gasteiger partial charge in [-0.1, -0.05) is 36.4 Å². The first-order valence-electron chi connectivity index (χ1n) is 13.9. The van der Waals surface area contributed by atoms with Crippen molar-refractivity contribution in [3.8, 4) is 11.1 Å². The number of nitrogens with two attached hydrogens (primary N) is 1. The molecule has 1 atom stereocenters. The van der Waals surface area contributed by atoms with Gasteiger partial charge in [-0.05, 0) is 62.4 Å². The first-order chi connectivity index (χ1) is 19.3. The summed E-state index contributed by atoms with van der Waals surface area (Å²) < 4.78 is 37.5. The Morgan fingerprint density at radius 3 is 2.05 bits per heavy atom. The second kappa shape index (κ2) is 12.3. The lowest BCUT2D eigenvalue weighted by Crippen LogP contribution is -2.58. The number of rotatable bonds is 10. The first-order valence-corrected chi connectivity index (χ1v) is 15.3. The van der Waals surface area contributed by atoms with Crippen molar-refractivity contribution < 1.29 is 32.3 Å². The quantitative estimate of drug-likeness (QED) is 0.435. The van der Waals surface area contributed by atoms with Crippen molar-refractivity contribution in [2.24, 2.45) is 11.7 Å². The SMILES string of the molecule is CC(C)(C)OC(=O)NC1(C(=O)C[C@@H](Cc2ccc(-c3ccc(S(=O)(=O)N4CCC4)cc3)cc2)C(N)=O)CCOCC1. The summed E-state index contributed by atoms with van der Waals surface area (Å²) in [6, 6.07) is 14.3. The van der Waals surface area contributed by atoms with E-state index < -0.39 is 39.1 Å². The smallest absolute Gasteiger partial charge is 0.408 e. The fraction of sp³-hybridized carbons (Fsp3) is 0.500. The summed E-state index contributed by atoms with van der Waals surface area (Å²) in [5, 5.41) is 2.77. The van der Waals surface area contributed by atoms with Crippen LogP contribution in [0.2, 0.25) is 0 Å². The number of nitrogens with zero attached hydrogens (tertiary/aromatic N) is 1. The maximum Gasteiger partial charge on any atom is 0.408 e. The number of hydrogen-bond donors (Lipinski definition) is 2. The summed E-state index contributed by atoms with van der Waals surface area (Å²) in [6.07, 6.45) is 0.887. The highest BCUT2D eigenvalue weighted by molar-refractivity contribution is 7.89. The van der Waals surface area contributed by atoms with Crippen LogP contribution in [0.3, 0.4) is 0 Å². The maximum atomic E-state index is 13.5. The van der Waals surface area contributed by atoms with Gasteiger partial charge in [0.05, 0.1) is 4.90 Å². The van der Waals surface area contributed by atoms with Crippen molar-refractivity contribution in [2.45, 2.75) is 68.9 Å². The molecule has 0 spiro atoms. The van der Waals surface area contributed by atoms with E-state index in [2.05, 4.69) is 5.32 Å². The number of ether oxygens (including phenoxy) is 2. The summed E-state index contributed by atoms with van der Waals surface area (Å²) in [4.78, 5) is 38.8. The van der Waals surface area contributed by atoms with E-state index in [1.54, 1.807) is 45.0 Å². The number of benzene rings is 2. The number of nitrogens with one attached hydrogen (secondary N) is 1. The molecular weight excluding hydrogens is 546 g/mol. The van der Waals surface area contributed by atoms with E-state index in [1.807, 2.05) is 24.3 Å². The molecular formula is C30H39N3O7S. The van der Waals surface area contributed by atoms with E-state index in [0.717, 1.165) is 23.1 Å². The third kappa shape index (κ3) is 7.52. The molecule has 2 aromatic carbocycles. The lowest BCUT2D eigenvalue weighted by molar-refractivity contribution is -0.133. The summed E-state index contributed by atoms with van der Waals surface area (Å²) in [5.41, 5.74) is 6.37. The van der Waals surface area contributed by atoms with Crippen LogP contribution in [0.1, 0.15) is 52.0 Å². The zero-order valence-corrected chi connectivity index (χ0v) is 24.7. The van der Waals surface area contributed by atoms with Gasteiger partial charge in [0.2, 0.25) is 15.9 Å². The molecule has 0 aliphatic carbocycles. The fourth-order valence-corrected chi connectivity index (χ4v) is 6.52. The second-order valence-corrected chi connectivity index (χ2v) is 13.7. The summed E-state index contributed by atoms with van der Waals surface area (Å²) in [7, 11) is -3.44. The van der Waals surface area contributed by atoms with Crippen LogP contribution in [0, 0.1) is 5.92 Å².